The minimum atomic E-state index is -0.417. The molecule has 2 saturated carbocycles. The fraction of sp³-hybridized carbons (Fsp3) is 0.357. The van der Waals surface area contributed by atoms with Gasteiger partial charge in [-0.2, -0.15) is 0 Å². The highest BCUT2D eigenvalue weighted by Crippen LogP contribution is 2.68. The van der Waals surface area contributed by atoms with Gasteiger partial charge in [-0.05, 0) is 34.8 Å². The second kappa shape index (κ2) is 6.98. The molecule has 2 heterocycles. The fourth-order valence-electron chi connectivity index (χ4n) is 7.57. The Hall–Kier alpha value is -3.54. The molecule has 0 aromatic heterocycles. The maximum Gasteiger partial charge on any atom is 0.234 e. The summed E-state index contributed by atoms with van der Waals surface area (Å²) < 4.78 is 0. The molecule has 4 fully saturated rings. The zero-order valence-corrected chi connectivity index (χ0v) is 18.5. The van der Waals surface area contributed by atoms with E-state index in [1.54, 1.807) is 0 Å². The average molecular weight is 453 g/mol. The van der Waals surface area contributed by atoms with Gasteiger partial charge in [0.25, 0.3) is 0 Å². The van der Waals surface area contributed by atoms with Crippen LogP contribution >= 0.6 is 0 Å². The van der Waals surface area contributed by atoms with E-state index in [-0.39, 0.29) is 72.2 Å². The topological polar surface area (TPSA) is 74.8 Å². The van der Waals surface area contributed by atoms with Crippen molar-refractivity contribution in [3.63, 3.8) is 0 Å². The van der Waals surface area contributed by atoms with Crippen molar-refractivity contribution in [2.75, 3.05) is 0 Å². The minimum Gasteiger partial charge on any atom is -0.278 e. The van der Waals surface area contributed by atoms with Crippen LogP contribution < -0.4 is 0 Å². The van der Waals surface area contributed by atoms with Crippen molar-refractivity contribution in [3.8, 4) is 0 Å². The van der Waals surface area contributed by atoms with Crippen LogP contribution in [0.2, 0.25) is 0 Å². The molecule has 8 rings (SSSR count). The van der Waals surface area contributed by atoms with E-state index in [1.165, 1.54) is 9.80 Å². The predicted molar refractivity (Wildman–Crippen MR) is 121 cm³/mol. The summed E-state index contributed by atoms with van der Waals surface area (Å²) >= 11 is 0. The minimum absolute atomic E-state index is 0.0353. The molecule has 2 aromatic carbocycles. The van der Waals surface area contributed by atoms with Gasteiger partial charge in [-0.15, -0.1) is 0 Å². The summed E-state index contributed by atoms with van der Waals surface area (Å²) in [7, 11) is 0. The third kappa shape index (κ3) is 2.46. The molecule has 0 radical (unpaired) electrons. The number of hydrogen-bond donors (Lipinski definition) is 0. The SMILES string of the molecule is O=C1[C@@H]2[C@H]3C=C[C@H]([C@@H]2C(=O)N1Cc1ccccc1)[C@@H]1[C@H]2C(=O)N(Cc4ccccc4)C(=O)[C@H]2[C@@H]31. The maximum absolute atomic E-state index is 13.5. The van der Waals surface area contributed by atoms with Gasteiger partial charge in [-0.25, -0.2) is 0 Å². The Labute approximate surface area is 197 Å². The Kier molecular flexibility index (Phi) is 4.08. The number of benzene rings is 2. The summed E-state index contributed by atoms with van der Waals surface area (Å²) in [4.78, 5) is 56.5. The summed E-state index contributed by atoms with van der Waals surface area (Å²) in [6.07, 6.45) is 4.11. The number of amides is 4. The highest BCUT2D eigenvalue weighted by atomic mass is 16.2. The second-order valence-corrected chi connectivity index (χ2v) is 10.3. The molecule has 4 amide bonds. The van der Waals surface area contributed by atoms with Gasteiger partial charge in [0.15, 0.2) is 0 Å². The molecule has 2 aliphatic heterocycles. The quantitative estimate of drug-likeness (QED) is 0.528. The van der Waals surface area contributed by atoms with E-state index >= 15 is 0 Å². The lowest BCUT2D eigenvalue weighted by atomic mass is 9.40. The molecule has 8 atom stereocenters. The molecule has 170 valence electrons. The monoisotopic (exact) mass is 452 g/mol. The molecule has 0 N–H and O–H groups in total. The van der Waals surface area contributed by atoms with Crippen LogP contribution in [-0.2, 0) is 32.3 Å². The first-order valence-corrected chi connectivity index (χ1v) is 12.0. The van der Waals surface area contributed by atoms with E-state index in [1.807, 2.05) is 60.7 Å². The molecule has 2 aromatic rings. The summed E-state index contributed by atoms with van der Waals surface area (Å²) in [5.41, 5.74) is 1.85. The first kappa shape index (κ1) is 19.9. The number of likely N-dealkylation sites (tertiary alicyclic amines) is 2. The zero-order chi connectivity index (χ0) is 23.1. The summed E-state index contributed by atoms with van der Waals surface area (Å²) in [6.45, 7) is 0.555. The molecule has 4 aliphatic carbocycles. The van der Waals surface area contributed by atoms with Gasteiger partial charge in [0, 0.05) is 0 Å². The van der Waals surface area contributed by atoms with E-state index in [0.717, 1.165) is 11.1 Å². The van der Waals surface area contributed by atoms with Crippen molar-refractivity contribution in [1.82, 2.24) is 9.80 Å². The summed E-state index contributed by atoms with van der Waals surface area (Å²) in [5, 5.41) is 0. The average Bonchev–Trinajstić information content (AvgIpc) is 3.21. The Morgan fingerprint density at radius 3 is 1.24 bits per heavy atom. The van der Waals surface area contributed by atoms with Crippen molar-refractivity contribution in [2.45, 2.75) is 13.1 Å². The number of hydrogen-bond acceptors (Lipinski definition) is 4. The fourth-order valence-corrected chi connectivity index (χ4v) is 7.57. The predicted octanol–water partition coefficient (Wildman–Crippen LogP) is 2.65. The zero-order valence-electron chi connectivity index (χ0n) is 18.5. The normalized spacial score (nSPS) is 37.1. The van der Waals surface area contributed by atoms with Crippen LogP contribution in [0.3, 0.4) is 0 Å². The number of rotatable bonds is 4. The number of allylic oxidation sites excluding steroid dienone is 2. The summed E-state index contributed by atoms with van der Waals surface area (Å²) in [5.74, 6) is -2.45. The molecule has 34 heavy (non-hydrogen) atoms. The Bertz CT molecular complexity index is 1200. The van der Waals surface area contributed by atoms with Crippen LogP contribution in [0.15, 0.2) is 72.8 Å². The van der Waals surface area contributed by atoms with E-state index in [4.69, 9.17) is 0 Å². The summed E-state index contributed by atoms with van der Waals surface area (Å²) in [6, 6.07) is 19.1. The molecule has 6 nitrogen and oxygen atoms in total. The number of carbonyl (C=O) groups excluding carboxylic acids is 4. The van der Waals surface area contributed by atoms with E-state index in [9.17, 15) is 19.2 Å². The van der Waals surface area contributed by atoms with Crippen LogP contribution in [0.25, 0.3) is 0 Å². The third-order valence-corrected chi connectivity index (χ3v) is 8.89. The van der Waals surface area contributed by atoms with Gasteiger partial charge in [0.1, 0.15) is 0 Å². The van der Waals surface area contributed by atoms with E-state index in [0.29, 0.717) is 0 Å². The molecule has 2 saturated heterocycles. The van der Waals surface area contributed by atoms with E-state index in [2.05, 4.69) is 12.2 Å². The molecule has 6 heteroatoms. The number of fused-ring (bicyclic) bond motifs is 1. The standard InChI is InChI=1S/C28H24N2O4/c31-25-21-17-11-12-18(22(21)26(32)29(25)13-15-7-3-1-4-8-15)20-19(17)23-24(20)28(34)30(27(23)33)14-16-9-5-2-6-10-16/h1-12,17-24H,13-14H2/t17-,18-,19-,20-,21-,22+,23+,24-/m0/s1. The number of carbonyl (C=O) groups is 4. The molecular formula is C28H24N2O4. The van der Waals surface area contributed by atoms with Gasteiger partial charge in [-0.1, -0.05) is 72.8 Å². The van der Waals surface area contributed by atoms with Gasteiger partial charge < -0.3 is 0 Å². The Morgan fingerprint density at radius 1 is 0.500 bits per heavy atom. The molecule has 0 spiro atoms. The molecular weight excluding hydrogens is 428 g/mol. The van der Waals surface area contributed by atoms with Gasteiger partial charge >= 0.3 is 0 Å². The van der Waals surface area contributed by atoms with Gasteiger partial charge in [-0.3, -0.25) is 29.0 Å². The lowest BCUT2D eigenvalue weighted by Crippen LogP contribution is -2.63. The Balaban J connectivity index is 1.18. The van der Waals surface area contributed by atoms with Crippen LogP contribution in [-0.4, -0.2) is 33.4 Å². The van der Waals surface area contributed by atoms with Crippen LogP contribution in [0, 0.1) is 47.3 Å². The first-order valence-electron chi connectivity index (χ1n) is 12.0. The van der Waals surface area contributed by atoms with Crippen molar-refractivity contribution < 1.29 is 19.2 Å². The first-order chi connectivity index (χ1) is 16.6. The van der Waals surface area contributed by atoms with E-state index < -0.39 is 11.8 Å². The van der Waals surface area contributed by atoms with Crippen LogP contribution in [0.1, 0.15) is 11.1 Å². The molecule has 6 aliphatic rings. The van der Waals surface area contributed by atoms with Crippen molar-refractivity contribution in [2.24, 2.45) is 47.3 Å². The molecule has 0 unspecified atom stereocenters. The van der Waals surface area contributed by atoms with Crippen LogP contribution in [0.5, 0.6) is 0 Å². The lowest BCUT2D eigenvalue weighted by molar-refractivity contribution is -0.166. The third-order valence-electron chi connectivity index (χ3n) is 8.89. The number of nitrogens with zero attached hydrogens (tertiary/aromatic N) is 2. The van der Waals surface area contributed by atoms with Crippen molar-refractivity contribution >= 4 is 23.6 Å². The lowest BCUT2D eigenvalue weighted by Gasteiger charge is -2.60. The van der Waals surface area contributed by atoms with Crippen molar-refractivity contribution in [3.05, 3.63) is 83.9 Å². The maximum atomic E-state index is 13.5. The largest absolute Gasteiger partial charge is 0.278 e. The van der Waals surface area contributed by atoms with Crippen LogP contribution in [0.4, 0.5) is 0 Å². The number of imide groups is 2. The molecule has 2 bridgehead atoms. The Morgan fingerprint density at radius 2 is 0.853 bits per heavy atom. The smallest absolute Gasteiger partial charge is 0.234 e. The highest BCUT2D eigenvalue weighted by Gasteiger charge is 2.74. The van der Waals surface area contributed by atoms with Gasteiger partial charge in [0.05, 0.1) is 36.8 Å². The van der Waals surface area contributed by atoms with Gasteiger partial charge in [0.2, 0.25) is 23.6 Å². The highest BCUT2D eigenvalue weighted by molar-refractivity contribution is 6.09. The second-order valence-electron chi connectivity index (χ2n) is 10.3. The van der Waals surface area contributed by atoms with Crippen molar-refractivity contribution in [1.29, 1.82) is 0 Å².